The molecule has 0 aliphatic rings. The Bertz CT molecular complexity index is 2100. The van der Waals surface area contributed by atoms with Crippen molar-refractivity contribution in [3.8, 4) is 11.3 Å². The minimum absolute atomic E-state index is 0. The average molecular weight is 876 g/mol. The van der Waals surface area contributed by atoms with Gasteiger partial charge in [0.05, 0.1) is 5.52 Å². The van der Waals surface area contributed by atoms with Gasteiger partial charge in [-0.2, -0.15) is 11.3 Å². The van der Waals surface area contributed by atoms with E-state index in [1.54, 1.807) is 29.0 Å². The van der Waals surface area contributed by atoms with Gasteiger partial charge >= 0.3 is 0 Å². The van der Waals surface area contributed by atoms with Crippen LogP contribution in [0.3, 0.4) is 0 Å². The van der Waals surface area contributed by atoms with Gasteiger partial charge < -0.3 is 5.11 Å². The van der Waals surface area contributed by atoms with Crippen molar-refractivity contribution in [1.29, 1.82) is 0 Å². The van der Waals surface area contributed by atoms with Gasteiger partial charge in [0.25, 0.3) is 0 Å². The van der Waals surface area contributed by atoms with Crippen molar-refractivity contribution in [2.75, 3.05) is 0 Å². The summed E-state index contributed by atoms with van der Waals surface area (Å²) in [6.45, 7) is 21.1. The molecule has 0 saturated carbocycles. The summed E-state index contributed by atoms with van der Waals surface area (Å²) in [5.74, 6) is 0.286. The quantitative estimate of drug-likeness (QED) is 0.0940. The summed E-state index contributed by atoms with van der Waals surface area (Å²) in [6, 6.07) is 14.8. The van der Waals surface area contributed by atoms with E-state index in [0.717, 1.165) is 47.2 Å². The maximum atomic E-state index is 12.2. The van der Waals surface area contributed by atoms with E-state index in [9.17, 15) is 9.90 Å². The molecule has 0 fully saturated rings. The van der Waals surface area contributed by atoms with Gasteiger partial charge in [-0.05, 0) is 65.6 Å². The Balaban J connectivity index is 0.000000251. The second kappa shape index (κ2) is 14.8. The first-order valence-electron chi connectivity index (χ1n) is 16.7. The van der Waals surface area contributed by atoms with Gasteiger partial charge in [0.15, 0.2) is 5.78 Å². The molecular formula is C40H47IrN2O2S3-. The molecule has 0 bridgehead atoms. The first kappa shape index (κ1) is 38.3. The minimum Gasteiger partial charge on any atom is -0.512 e. The third kappa shape index (κ3) is 7.20. The van der Waals surface area contributed by atoms with Crippen LogP contribution >= 0.6 is 34.0 Å². The number of carbonyl (C=O) groups is 1. The number of aromatic nitrogens is 2. The third-order valence-corrected chi connectivity index (χ3v) is 13.3. The Hall–Kier alpha value is -2.48. The molecule has 8 heteroatoms. The summed E-state index contributed by atoms with van der Waals surface area (Å²) >= 11 is 5.44. The van der Waals surface area contributed by atoms with Crippen LogP contribution in [-0.4, -0.2) is 20.9 Å². The van der Waals surface area contributed by atoms with Crippen molar-refractivity contribution in [3.63, 3.8) is 0 Å². The Morgan fingerprint density at radius 2 is 1.54 bits per heavy atom. The number of aliphatic hydroxyl groups is 1. The first-order valence-corrected chi connectivity index (χ1v) is 19.2. The van der Waals surface area contributed by atoms with Crippen molar-refractivity contribution in [3.05, 3.63) is 70.4 Å². The first-order chi connectivity index (χ1) is 22.2. The molecule has 0 spiro atoms. The maximum absolute atomic E-state index is 12.2. The Morgan fingerprint density at radius 3 is 2.17 bits per heavy atom. The van der Waals surface area contributed by atoms with Gasteiger partial charge in [-0.1, -0.05) is 79.5 Å². The van der Waals surface area contributed by atoms with E-state index in [0.29, 0.717) is 0 Å². The molecule has 2 aromatic carbocycles. The smallest absolute Gasteiger partial charge is 0.164 e. The van der Waals surface area contributed by atoms with E-state index < -0.39 is 0 Å². The summed E-state index contributed by atoms with van der Waals surface area (Å²) in [5.41, 5.74) is 3.91. The molecule has 6 rings (SSSR count). The molecule has 1 radical (unpaired) electrons. The fraction of sp³-hybridized carbons (Fsp3) is 0.425. The van der Waals surface area contributed by atoms with Gasteiger partial charge in [-0.15, -0.1) is 46.3 Å². The average Bonchev–Trinajstić information content (AvgIpc) is 3.78. The predicted octanol–water partition coefficient (Wildman–Crippen LogP) is 13.0. The second-order valence-electron chi connectivity index (χ2n) is 14.2. The fourth-order valence-corrected chi connectivity index (χ4v) is 9.22. The number of hydrogen-bond donors (Lipinski definition) is 1. The summed E-state index contributed by atoms with van der Waals surface area (Å²) in [7, 11) is 0. The number of ketones is 1. The van der Waals surface area contributed by atoms with Crippen LogP contribution in [0.2, 0.25) is 0 Å². The molecule has 0 aliphatic carbocycles. The van der Waals surface area contributed by atoms with Crippen molar-refractivity contribution in [2.45, 2.75) is 100 Å². The molecule has 257 valence electrons. The van der Waals surface area contributed by atoms with E-state index in [2.05, 4.69) is 69.5 Å². The summed E-state index contributed by atoms with van der Waals surface area (Å²) in [6.07, 6.45) is 6.47. The van der Waals surface area contributed by atoms with E-state index >= 15 is 0 Å². The van der Waals surface area contributed by atoms with E-state index in [1.165, 1.54) is 46.8 Å². The fourth-order valence-electron chi connectivity index (χ4n) is 5.85. The summed E-state index contributed by atoms with van der Waals surface area (Å²) in [4.78, 5) is 23.0. The monoisotopic (exact) mass is 876 g/mol. The topological polar surface area (TPSA) is 63.1 Å². The molecule has 0 aliphatic heterocycles. The summed E-state index contributed by atoms with van der Waals surface area (Å²) < 4.78 is 5.07. The van der Waals surface area contributed by atoms with Gasteiger partial charge in [0, 0.05) is 67.1 Å². The Labute approximate surface area is 311 Å². The number of rotatable bonds is 8. The van der Waals surface area contributed by atoms with Gasteiger partial charge in [-0.25, -0.2) is 4.98 Å². The van der Waals surface area contributed by atoms with Crippen LogP contribution < -0.4 is 0 Å². The maximum Gasteiger partial charge on any atom is 0.164 e. The van der Waals surface area contributed by atoms with Crippen molar-refractivity contribution in [2.24, 2.45) is 10.8 Å². The number of nitrogens with zero attached hydrogens (tertiary/aromatic N) is 2. The number of aryl methyl sites for hydroxylation is 1. The van der Waals surface area contributed by atoms with Crippen LogP contribution in [0.15, 0.2) is 53.9 Å². The standard InChI is InChI=1S/C25H19N2S3.C15H28O2.Ir/c1-13-9-14-5-6-18-19(23(14)29-13)21-24(30-18)20(26-12-27-21)16-10-15-7-8-28-22(15)17(11-16)25(2,3)4;1-7-14(5,8-2)12(16)11-13(17)15(6,9-3)10-4;/h5-9,11-12H,1-4H3;11,16H,7-10H2,1-6H3;/q-1;;/b;12-11-;. The molecular weight excluding hydrogens is 829 g/mol. The Kier molecular flexibility index (Phi) is 11.8. The molecule has 0 amide bonds. The van der Waals surface area contributed by atoms with Crippen LogP contribution in [0.5, 0.6) is 0 Å². The van der Waals surface area contributed by atoms with Gasteiger partial charge in [0.1, 0.15) is 12.1 Å². The number of allylic oxidation sites excluding steroid dienone is 2. The molecule has 0 unspecified atom stereocenters. The SMILES string of the molecule is CCC(C)(CC)C(=O)/C=C(\O)C(C)(CC)CC.Cc1cc2ccc3sc4c(-c5[c-]c6ccsc6c(C(C)(C)C)c5)ncnc4c3c2s1.[Ir]. The van der Waals surface area contributed by atoms with E-state index in [-0.39, 0.29) is 47.9 Å². The van der Waals surface area contributed by atoms with Crippen LogP contribution in [0.4, 0.5) is 0 Å². The predicted molar refractivity (Wildman–Crippen MR) is 206 cm³/mol. The molecule has 0 saturated heterocycles. The molecule has 6 aromatic rings. The molecule has 4 heterocycles. The number of thiophene rings is 3. The molecule has 4 nitrogen and oxygen atoms in total. The number of fused-ring (bicyclic) bond motifs is 6. The zero-order valence-corrected chi connectivity index (χ0v) is 34.6. The second-order valence-corrected chi connectivity index (χ2v) is 17.4. The zero-order valence-electron chi connectivity index (χ0n) is 29.8. The zero-order chi connectivity index (χ0) is 34.3. The van der Waals surface area contributed by atoms with Gasteiger partial charge in [-0.3, -0.25) is 9.78 Å². The van der Waals surface area contributed by atoms with Crippen molar-refractivity contribution < 1.29 is 30.0 Å². The summed E-state index contributed by atoms with van der Waals surface area (Å²) in [5, 5.41) is 16.0. The largest absolute Gasteiger partial charge is 0.512 e. The van der Waals surface area contributed by atoms with E-state index in [1.807, 2.05) is 52.9 Å². The molecule has 48 heavy (non-hydrogen) atoms. The van der Waals surface area contributed by atoms with Crippen LogP contribution in [0.25, 0.3) is 51.7 Å². The molecule has 0 atom stereocenters. The van der Waals surface area contributed by atoms with Gasteiger partial charge in [0.2, 0.25) is 0 Å². The number of benzene rings is 2. The van der Waals surface area contributed by atoms with Crippen LogP contribution in [0.1, 0.15) is 98.4 Å². The molecule has 4 aromatic heterocycles. The van der Waals surface area contributed by atoms with E-state index in [4.69, 9.17) is 9.97 Å². The minimum atomic E-state index is -0.337. The number of carbonyl (C=O) groups excluding carboxylic acids is 1. The third-order valence-electron chi connectivity index (χ3n) is 10.2. The molecule has 1 N–H and O–H groups in total. The van der Waals surface area contributed by atoms with Crippen LogP contribution in [0, 0.1) is 23.8 Å². The Morgan fingerprint density at radius 1 is 0.875 bits per heavy atom. The van der Waals surface area contributed by atoms with Crippen molar-refractivity contribution >= 4 is 80.3 Å². The number of hydrogen-bond acceptors (Lipinski definition) is 7. The number of aliphatic hydroxyl groups excluding tert-OH is 1. The van der Waals surface area contributed by atoms with Crippen LogP contribution in [-0.2, 0) is 30.3 Å². The normalized spacial score (nSPS) is 12.8. The van der Waals surface area contributed by atoms with Crippen molar-refractivity contribution in [1.82, 2.24) is 9.97 Å².